The van der Waals surface area contributed by atoms with Gasteiger partial charge in [0.2, 0.25) is 0 Å². The summed E-state index contributed by atoms with van der Waals surface area (Å²) >= 11 is 0. The third-order valence-corrected chi connectivity index (χ3v) is 9.02. The summed E-state index contributed by atoms with van der Waals surface area (Å²) < 4.78 is 5.49. The van der Waals surface area contributed by atoms with E-state index in [9.17, 15) is 19.8 Å². The Morgan fingerprint density at radius 1 is 1.29 bits per heavy atom. The molecule has 7 unspecified atom stereocenters. The summed E-state index contributed by atoms with van der Waals surface area (Å²) in [5.41, 5.74) is -0.432. The number of Topliss-reactive ketones (excluding diaryl/α,β-unsaturated/α-hetero) is 1. The molecule has 7 nitrogen and oxygen atoms in total. The zero-order valence-electron chi connectivity index (χ0n) is 20.0. The van der Waals surface area contributed by atoms with Gasteiger partial charge in [0.05, 0.1) is 18.9 Å². The van der Waals surface area contributed by atoms with Gasteiger partial charge < -0.3 is 14.6 Å². The Morgan fingerprint density at radius 2 is 2.12 bits per heavy atom. The third kappa shape index (κ3) is 3.73. The van der Waals surface area contributed by atoms with Crippen molar-refractivity contribution in [2.24, 2.45) is 29.1 Å². The number of fused-ring (bicyclic) bond motifs is 4. The first-order valence-electron chi connectivity index (χ1n) is 12.5. The highest BCUT2D eigenvalue weighted by Gasteiger charge is 2.59. The molecule has 2 saturated carbocycles. The maximum atomic E-state index is 13.3. The maximum Gasteiger partial charge on any atom is 0.192 e. The predicted molar refractivity (Wildman–Crippen MR) is 124 cm³/mol. The highest BCUT2D eigenvalue weighted by atomic mass is 16.7. The van der Waals surface area contributed by atoms with Crippen LogP contribution in [-0.4, -0.2) is 51.7 Å². The summed E-state index contributed by atoms with van der Waals surface area (Å²) in [6.45, 7) is 4.51. The number of carbonyl (C=O) groups excluding carboxylic acids is 2. The fraction of sp³-hybridized carbons (Fsp3) is 0.630. The number of ketones is 2. The van der Waals surface area contributed by atoms with Gasteiger partial charge in [-0.1, -0.05) is 25.5 Å². The number of hydrogen-bond donors (Lipinski definition) is 2. The van der Waals surface area contributed by atoms with Gasteiger partial charge in [-0.25, -0.2) is 0 Å². The van der Waals surface area contributed by atoms with Crippen molar-refractivity contribution in [2.75, 3.05) is 13.2 Å². The molecule has 3 aliphatic carbocycles. The first-order valence-corrected chi connectivity index (χ1v) is 12.5. The average molecular weight is 470 g/mol. The summed E-state index contributed by atoms with van der Waals surface area (Å²) in [4.78, 5) is 31.7. The lowest BCUT2D eigenvalue weighted by molar-refractivity contribution is -0.224. The van der Waals surface area contributed by atoms with E-state index in [4.69, 9.17) is 9.25 Å². The number of aliphatic hydroxyl groups is 2. The number of allylic oxidation sites excluding steroid dienone is 4. The van der Waals surface area contributed by atoms with Crippen LogP contribution in [0.5, 0.6) is 0 Å². The van der Waals surface area contributed by atoms with Gasteiger partial charge in [0, 0.05) is 23.8 Å². The molecule has 184 valence electrons. The molecule has 5 rings (SSSR count). The Morgan fingerprint density at radius 3 is 2.85 bits per heavy atom. The van der Waals surface area contributed by atoms with Crippen molar-refractivity contribution in [1.82, 2.24) is 5.06 Å². The molecule has 1 aliphatic heterocycles. The number of rotatable bonds is 4. The number of furan rings is 1. The number of carbonyl (C=O) groups is 2. The maximum absolute atomic E-state index is 13.3. The van der Waals surface area contributed by atoms with E-state index in [0.29, 0.717) is 19.5 Å². The van der Waals surface area contributed by atoms with E-state index in [2.05, 4.69) is 6.92 Å². The van der Waals surface area contributed by atoms with Gasteiger partial charge in [-0.3, -0.25) is 14.4 Å². The largest absolute Gasteiger partial charge is 0.468 e. The molecule has 2 heterocycles. The SMILES string of the molecule is CC1CC(O)C2C(CCC3=CC(=O)C=CC32C)CCC2CN(Cc3ccco3)OC12C(=O)CO. The highest BCUT2D eigenvalue weighted by Crippen LogP contribution is 2.56. The Balaban J connectivity index is 1.47. The van der Waals surface area contributed by atoms with Gasteiger partial charge in [0.15, 0.2) is 17.2 Å². The zero-order valence-corrected chi connectivity index (χ0v) is 20.0. The number of hydroxylamine groups is 2. The molecule has 3 fully saturated rings. The van der Waals surface area contributed by atoms with E-state index in [-0.39, 0.29) is 40.7 Å². The summed E-state index contributed by atoms with van der Waals surface area (Å²) in [7, 11) is 0. The lowest BCUT2D eigenvalue weighted by atomic mass is 9.55. The summed E-state index contributed by atoms with van der Waals surface area (Å²) in [5.74, 6) is 0.322. The predicted octanol–water partition coefficient (Wildman–Crippen LogP) is 3.22. The average Bonchev–Trinajstić information content (AvgIpc) is 3.45. The Bertz CT molecular complexity index is 999. The first-order chi connectivity index (χ1) is 16.3. The van der Waals surface area contributed by atoms with E-state index in [1.807, 2.05) is 25.1 Å². The van der Waals surface area contributed by atoms with Crippen molar-refractivity contribution < 1.29 is 29.1 Å². The fourth-order valence-electron chi connectivity index (χ4n) is 7.41. The summed E-state index contributed by atoms with van der Waals surface area (Å²) in [5, 5.41) is 23.4. The standard InChI is InChI=1S/C27H35NO6/c1-17-12-23(31)25-18(5-7-19-13-21(30)9-10-26(19,25)2)6-8-20-14-28(15-22-4-3-11-33-22)34-27(17,20)24(32)16-29/h3-4,9-11,13,17-18,20,23,25,29,31H,5-8,12,14-16H2,1-2H3. The molecule has 2 N–H and O–H groups in total. The zero-order chi connectivity index (χ0) is 24.1. The normalized spacial score (nSPS) is 40.4. The van der Waals surface area contributed by atoms with Crippen LogP contribution in [-0.2, 0) is 21.0 Å². The monoisotopic (exact) mass is 469 g/mol. The van der Waals surface area contributed by atoms with Crippen molar-refractivity contribution in [2.45, 2.75) is 64.2 Å². The van der Waals surface area contributed by atoms with Crippen molar-refractivity contribution in [3.63, 3.8) is 0 Å². The Hall–Kier alpha value is -2.06. The van der Waals surface area contributed by atoms with Gasteiger partial charge in [-0.2, -0.15) is 5.06 Å². The molecule has 1 saturated heterocycles. The second-order valence-corrected chi connectivity index (χ2v) is 10.9. The molecule has 7 atom stereocenters. The molecule has 4 aliphatic rings. The number of nitrogens with zero attached hydrogens (tertiary/aromatic N) is 1. The molecule has 0 radical (unpaired) electrons. The second kappa shape index (κ2) is 8.86. The van der Waals surface area contributed by atoms with Crippen LogP contribution >= 0.6 is 0 Å². The molecule has 0 aromatic carbocycles. The van der Waals surface area contributed by atoms with Crippen LogP contribution in [0.2, 0.25) is 0 Å². The molecule has 1 aromatic rings. The van der Waals surface area contributed by atoms with E-state index < -0.39 is 18.3 Å². The van der Waals surface area contributed by atoms with E-state index in [1.54, 1.807) is 23.5 Å². The van der Waals surface area contributed by atoms with Crippen molar-refractivity contribution in [1.29, 1.82) is 0 Å². The molecule has 34 heavy (non-hydrogen) atoms. The van der Waals surface area contributed by atoms with Gasteiger partial charge in [0.1, 0.15) is 12.4 Å². The summed E-state index contributed by atoms with van der Waals surface area (Å²) in [6.07, 6.45) is 10.1. The van der Waals surface area contributed by atoms with Gasteiger partial charge in [0.25, 0.3) is 0 Å². The smallest absolute Gasteiger partial charge is 0.192 e. The fourth-order valence-corrected chi connectivity index (χ4v) is 7.41. The molecule has 0 bridgehead atoms. The quantitative estimate of drug-likeness (QED) is 0.698. The minimum absolute atomic E-state index is 0.0175. The molecular formula is C27H35NO6. The third-order valence-electron chi connectivity index (χ3n) is 9.02. The van der Waals surface area contributed by atoms with Crippen molar-refractivity contribution in [3.8, 4) is 0 Å². The summed E-state index contributed by atoms with van der Waals surface area (Å²) in [6, 6.07) is 3.70. The number of hydrogen-bond acceptors (Lipinski definition) is 7. The van der Waals surface area contributed by atoms with Crippen molar-refractivity contribution >= 4 is 11.6 Å². The lowest BCUT2D eigenvalue weighted by Crippen LogP contribution is -2.53. The number of aliphatic hydroxyl groups excluding tert-OH is 2. The molecule has 7 heteroatoms. The van der Waals surface area contributed by atoms with E-state index in [1.165, 1.54) is 0 Å². The van der Waals surface area contributed by atoms with Crippen LogP contribution < -0.4 is 0 Å². The van der Waals surface area contributed by atoms with Gasteiger partial charge in [-0.05, 0) is 68.2 Å². The topological polar surface area (TPSA) is 100 Å². The second-order valence-electron chi connectivity index (χ2n) is 10.9. The van der Waals surface area contributed by atoms with Crippen LogP contribution in [0.3, 0.4) is 0 Å². The van der Waals surface area contributed by atoms with Crippen LogP contribution in [0.25, 0.3) is 0 Å². The van der Waals surface area contributed by atoms with Crippen molar-refractivity contribution in [3.05, 3.63) is 48.0 Å². The molecule has 1 aromatic heterocycles. The molecular weight excluding hydrogens is 434 g/mol. The van der Waals surface area contributed by atoms with Crippen LogP contribution in [0, 0.1) is 29.1 Å². The minimum Gasteiger partial charge on any atom is -0.468 e. The van der Waals surface area contributed by atoms with Gasteiger partial charge >= 0.3 is 0 Å². The van der Waals surface area contributed by atoms with E-state index in [0.717, 1.165) is 37.0 Å². The Labute approximate surface area is 200 Å². The van der Waals surface area contributed by atoms with Gasteiger partial charge in [-0.15, -0.1) is 0 Å². The first kappa shape index (κ1) is 23.7. The van der Waals surface area contributed by atoms with Crippen LogP contribution in [0.4, 0.5) is 0 Å². The van der Waals surface area contributed by atoms with Crippen LogP contribution in [0.15, 0.2) is 46.6 Å². The van der Waals surface area contributed by atoms with E-state index >= 15 is 0 Å². The van der Waals surface area contributed by atoms with Crippen LogP contribution in [0.1, 0.15) is 51.7 Å². The minimum atomic E-state index is -1.17. The lowest BCUT2D eigenvalue weighted by Gasteiger charge is -2.50. The highest BCUT2D eigenvalue weighted by molar-refractivity contribution is 6.01. The molecule has 0 spiro atoms. The molecule has 0 amide bonds. The Kier molecular flexibility index (Phi) is 6.17.